The quantitative estimate of drug-likeness (QED) is 0.613. The number of thiophene rings is 1. The average Bonchev–Trinajstić information content (AvgIpc) is 2.81. The molecule has 0 amide bonds. The number of benzene rings is 1. The van der Waals surface area contributed by atoms with Crippen LogP contribution in [-0.4, -0.2) is 12.9 Å². The van der Waals surface area contributed by atoms with Crippen LogP contribution in [0, 0.1) is 13.8 Å². The van der Waals surface area contributed by atoms with Gasteiger partial charge in [0.2, 0.25) is 0 Å². The minimum atomic E-state index is -0.0390. The summed E-state index contributed by atoms with van der Waals surface area (Å²) in [6.07, 6.45) is 3.44. The number of methoxy groups -OCH3 is 1. The first-order valence-corrected chi connectivity index (χ1v) is 6.85. The highest BCUT2D eigenvalue weighted by Crippen LogP contribution is 2.22. The Kier molecular flexibility index (Phi) is 4.17. The van der Waals surface area contributed by atoms with Crippen LogP contribution in [-0.2, 0) is 0 Å². The Bertz CT molecular complexity index is 623. The minimum Gasteiger partial charge on any atom is -0.496 e. The molecule has 0 saturated carbocycles. The molecule has 0 aliphatic heterocycles. The highest BCUT2D eigenvalue weighted by molar-refractivity contribution is 7.12. The molecule has 19 heavy (non-hydrogen) atoms. The number of hydrogen-bond acceptors (Lipinski definition) is 3. The lowest BCUT2D eigenvalue weighted by atomic mass is 10.1. The summed E-state index contributed by atoms with van der Waals surface area (Å²) in [5.41, 5.74) is 1.67. The smallest absolute Gasteiger partial charge is 0.189 e. The van der Waals surface area contributed by atoms with Crippen LogP contribution >= 0.6 is 11.3 Å². The minimum absolute atomic E-state index is 0.0390. The van der Waals surface area contributed by atoms with Crippen LogP contribution in [0.25, 0.3) is 6.08 Å². The van der Waals surface area contributed by atoms with E-state index in [4.69, 9.17) is 4.74 Å². The SMILES string of the molecule is COc1cc(C)ccc1C(=O)/C=C/c1ccc(C)s1. The summed E-state index contributed by atoms with van der Waals surface area (Å²) in [4.78, 5) is 14.5. The van der Waals surface area contributed by atoms with Gasteiger partial charge in [0.15, 0.2) is 5.78 Å². The van der Waals surface area contributed by atoms with E-state index in [0.29, 0.717) is 11.3 Å². The van der Waals surface area contributed by atoms with Crippen LogP contribution in [0.1, 0.15) is 25.7 Å². The normalized spacial score (nSPS) is 10.9. The van der Waals surface area contributed by atoms with E-state index in [1.54, 1.807) is 30.6 Å². The summed E-state index contributed by atoms with van der Waals surface area (Å²) in [6, 6.07) is 9.65. The Morgan fingerprint density at radius 3 is 2.63 bits per heavy atom. The molecule has 1 heterocycles. The van der Waals surface area contributed by atoms with Crippen molar-refractivity contribution >= 4 is 23.2 Å². The molecule has 0 spiro atoms. The van der Waals surface area contributed by atoms with E-state index in [2.05, 4.69) is 0 Å². The molecule has 2 rings (SSSR count). The number of rotatable bonds is 4. The second-order valence-corrected chi connectivity index (χ2v) is 5.67. The van der Waals surface area contributed by atoms with Crippen molar-refractivity contribution in [1.29, 1.82) is 0 Å². The van der Waals surface area contributed by atoms with Crippen molar-refractivity contribution in [3.05, 3.63) is 57.3 Å². The molecule has 0 fully saturated rings. The van der Waals surface area contributed by atoms with Crippen molar-refractivity contribution < 1.29 is 9.53 Å². The number of ether oxygens (including phenoxy) is 1. The van der Waals surface area contributed by atoms with E-state index in [1.165, 1.54) is 4.88 Å². The predicted octanol–water partition coefficient (Wildman–Crippen LogP) is 4.27. The fourth-order valence-corrected chi connectivity index (χ4v) is 2.57. The largest absolute Gasteiger partial charge is 0.496 e. The van der Waals surface area contributed by atoms with Crippen molar-refractivity contribution in [1.82, 2.24) is 0 Å². The molecule has 0 radical (unpaired) electrons. The monoisotopic (exact) mass is 272 g/mol. The molecule has 0 bridgehead atoms. The van der Waals surface area contributed by atoms with Gasteiger partial charge in [-0.15, -0.1) is 11.3 Å². The van der Waals surface area contributed by atoms with Gasteiger partial charge < -0.3 is 4.74 Å². The van der Waals surface area contributed by atoms with Crippen molar-refractivity contribution in [2.75, 3.05) is 7.11 Å². The zero-order valence-electron chi connectivity index (χ0n) is 11.3. The molecular weight excluding hydrogens is 256 g/mol. The Labute approximate surface area is 117 Å². The van der Waals surface area contributed by atoms with Gasteiger partial charge in [0, 0.05) is 9.75 Å². The highest BCUT2D eigenvalue weighted by Gasteiger charge is 2.09. The van der Waals surface area contributed by atoms with Gasteiger partial charge in [0.05, 0.1) is 12.7 Å². The fraction of sp³-hybridized carbons (Fsp3) is 0.188. The van der Waals surface area contributed by atoms with Gasteiger partial charge in [-0.25, -0.2) is 0 Å². The van der Waals surface area contributed by atoms with Crippen LogP contribution in [0.15, 0.2) is 36.4 Å². The van der Waals surface area contributed by atoms with Gasteiger partial charge in [-0.2, -0.15) is 0 Å². The van der Waals surface area contributed by atoms with Crippen molar-refractivity contribution in [3.8, 4) is 5.75 Å². The molecule has 1 aromatic heterocycles. The average molecular weight is 272 g/mol. The molecule has 0 N–H and O–H groups in total. The first-order chi connectivity index (χ1) is 9.10. The third kappa shape index (κ3) is 3.32. The Balaban J connectivity index is 2.22. The van der Waals surface area contributed by atoms with Gasteiger partial charge in [-0.1, -0.05) is 6.07 Å². The third-order valence-electron chi connectivity index (χ3n) is 2.78. The standard InChI is InChI=1S/C16H16O2S/c1-11-4-8-14(16(10-11)18-3)15(17)9-7-13-6-5-12(2)19-13/h4-10H,1-3H3/b9-7+. The first kappa shape index (κ1) is 13.6. The van der Waals surface area contributed by atoms with E-state index in [1.807, 2.05) is 44.2 Å². The zero-order valence-corrected chi connectivity index (χ0v) is 12.1. The highest BCUT2D eigenvalue weighted by atomic mass is 32.1. The second kappa shape index (κ2) is 5.85. The number of carbonyl (C=O) groups excluding carboxylic acids is 1. The summed E-state index contributed by atoms with van der Waals surface area (Å²) in [6.45, 7) is 4.02. The maximum Gasteiger partial charge on any atom is 0.189 e. The molecule has 0 atom stereocenters. The predicted molar refractivity (Wildman–Crippen MR) is 80.2 cm³/mol. The molecule has 0 aliphatic carbocycles. The first-order valence-electron chi connectivity index (χ1n) is 6.03. The van der Waals surface area contributed by atoms with Gasteiger partial charge in [0.25, 0.3) is 0 Å². The summed E-state index contributed by atoms with van der Waals surface area (Å²) >= 11 is 1.67. The number of carbonyl (C=O) groups is 1. The molecule has 0 unspecified atom stereocenters. The molecule has 0 aliphatic rings. The Morgan fingerprint density at radius 1 is 1.21 bits per heavy atom. The molecule has 98 valence electrons. The van der Waals surface area contributed by atoms with E-state index in [0.717, 1.165) is 10.4 Å². The Morgan fingerprint density at radius 2 is 2.00 bits per heavy atom. The van der Waals surface area contributed by atoms with E-state index >= 15 is 0 Å². The molecule has 0 saturated heterocycles. The second-order valence-electron chi connectivity index (χ2n) is 4.35. The van der Waals surface area contributed by atoms with Gasteiger partial charge in [0.1, 0.15) is 5.75 Å². The van der Waals surface area contributed by atoms with Gasteiger partial charge >= 0.3 is 0 Å². The van der Waals surface area contributed by atoms with Crippen molar-refractivity contribution in [3.63, 3.8) is 0 Å². The van der Waals surface area contributed by atoms with Crippen LogP contribution in [0.3, 0.4) is 0 Å². The van der Waals surface area contributed by atoms with Gasteiger partial charge in [-0.05, 0) is 55.8 Å². The molecular formula is C16H16O2S. The van der Waals surface area contributed by atoms with E-state index in [9.17, 15) is 4.79 Å². The lowest BCUT2D eigenvalue weighted by Crippen LogP contribution is -1.99. The maximum atomic E-state index is 12.2. The topological polar surface area (TPSA) is 26.3 Å². The van der Waals surface area contributed by atoms with E-state index in [-0.39, 0.29) is 5.78 Å². The van der Waals surface area contributed by atoms with Crippen molar-refractivity contribution in [2.45, 2.75) is 13.8 Å². The molecule has 3 heteroatoms. The number of allylic oxidation sites excluding steroid dienone is 1. The number of ketones is 1. The maximum absolute atomic E-state index is 12.2. The van der Waals surface area contributed by atoms with Crippen molar-refractivity contribution in [2.24, 2.45) is 0 Å². The van der Waals surface area contributed by atoms with Gasteiger partial charge in [-0.3, -0.25) is 4.79 Å². The van der Waals surface area contributed by atoms with Crippen LogP contribution in [0.5, 0.6) is 5.75 Å². The zero-order chi connectivity index (χ0) is 13.8. The molecule has 2 aromatic rings. The molecule has 1 aromatic carbocycles. The lowest BCUT2D eigenvalue weighted by Gasteiger charge is -2.06. The number of aryl methyl sites for hydroxylation is 2. The summed E-state index contributed by atoms with van der Waals surface area (Å²) in [5.74, 6) is 0.583. The van der Waals surface area contributed by atoms with E-state index < -0.39 is 0 Å². The lowest BCUT2D eigenvalue weighted by molar-refractivity contribution is 0.104. The third-order valence-corrected chi connectivity index (χ3v) is 3.75. The Hall–Kier alpha value is -1.87. The fourth-order valence-electron chi connectivity index (χ4n) is 1.79. The van der Waals surface area contributed by atoms with Crippen LogP contribution in [0.2, 0.25) is 0 Å². The summed E-state index contributed by atoms with van der Waals surface area (Å²) in [5, 5.41) is 0. The van der Waals surface area contributed by atoms with Crippen LogP contribution in [0.4, 0.5) is 0 Å². The van der Waals surface area contributed by atoms with Crippen LogP contribution < -0.4 is 4.74 Å². The number of hydrogen-bond donors (Lipinski definition) is 0. The summed E-state index contributed by atoms with van der Waals surface area (Å²) < 4.78 is 5.25. The molecule has 2 nitrogen and oxygen atoms in total. The summed E-state index contributed by atoms with van der Waals surface area (Å²) in [7, 11) is 1.58.